The van der Waals surface area contributed by atoms with Crippen LogP contribution in [0.5, 0.6) is 0 Å². The molecule has 9 heteroatoms. The molecular weight excluding hydrogens is 404 g/mol. The largest absolute Gasteiger partial charge is 0.312 e. The predicted octanol–water partition coefficient (Wildman–Crippen LogP) is 3.67. The number of hydrogen-bond acceptors (Lipinski definition) is 5. The molecule has 142 valence electrons. The normalized spacial score (nSPS) is 12.8. The molecule has 0 bridgehead atoms. The van der Waals surface area contributed by atoms with Crippen LogP contribution in [0.3, 0.4) is 0 Å². The average Bonchev–Trinajstić information content (AvgIpc) is 3.07. The zero-order valence-electron chi connectivity index (χ0n) is 14.6. The highest BCUT2D eigenvalue weighted by molar-refractivity contribution is 7.99. The second kappa shape index (κ2) is 8.88. The molecule has 0 radical (unpaired) electrons. The van der Waals surface area contributed by atoms with Crippen molar-refractivity contribution in [2.45, 2.75) is 22.5 Å². The van der Waals surface area contributed by atoms with Crippen molar-refractivity contribution < 1.29 is 8.42 Å². The minimum absolute atomic E-state index is 0.189. The lowest BCUT2D eigenvalue weighted by atomic mass is 10.1. The molecule has 0 spiro atoms. The lowest BCUT2D eigenvalue weighted by Gasteiger charge is -2.19. The first-order chi connectivity index (χ1) is 13.0. The summed E-state index contributed by atoms with van der Waals surface area (Å²) in [6.07, 6.45) is 2.24. The first-order valence-corrected chi connectivity index (χ1v) is 11.1. The van der Waals surface area contributed by atoms with Crippen molar-refractivity contribution in [3.8, 4) is 0 Å². The molecule has 3 aromatic rings. The highest BCUT2D eigenvalue weighted by atomic mass is 35.5. The number of halogens is 1. The fourth-order valence-corrected chi connectivity index (χ4v) is 4.80. The van der Waals surface area contributed by atoms with Crippen LogP contribution in [0.25, 0.3) is 0 Å². The highest BCUT2D eigenvalue weighted by Crippen LogP contribution is 2.25. The van der Waals surface area contributed by atoms with Crippen LogP contribution in [0.2, 0.25) is 5.02 Å². The number of aromatic nitrogens is 3. The summed E-state index contributed by atoms with van der Waals surface area (Å²) in [5.74, 6) is 0.690. The van der Waals surface area contributed by atoms with Gasteiger partial charge in [0.25, 0.3) is 0 Å². The highest BCUT2D eigenvalue weighted by Gasteiger charge is 2.21. The van der Waals surface area contributed by atoms with Crippen LogP contribution < -0.4 is 4.72 Å². The van der Waals surface area contributed by atoms with E-state index in [1.807, 2.05) is 41.9 Å². The van der Waals surface area contributed by atoms with Gasteiger partial charge in [-0.05, 0) is 36.2 Å². The van der Waals surface area contributed by atoms with Crippen LogP contribution in [-0.4, -0.2) is 28.9 Å². The van der Waals surface area contributed by atoms with Gasteiger partial charge in [-0.25, -0.2) is 13.1 Å². The van der Waals surface area contributed by atoms with Gasteiger partial charge in [-0.15, -0.1) is 10.2 Å². The molecule has 0 saturated carbocycles. The number of thioether (sulfide) groups is 1. The molecule has 1 atom stereocenters. The van der Waals surface area contributed by atoms with Gasteiger partial charge in [-0.2, -0.15) is 0 Å². The van der Waals surface area contributed by atoms with E-state index in [9.17, 15) is 8.42 Å². The van der Waals surface area contributed by atoms with E-state index < -0.39 is 10.0 Å². The summed E-state index contributed by atoms with van der Waals surface area (Å²) in [7, 11) is -1.79. The maximum Gasteiger partial charge on any atom is 0.241 e. The summed E-state index contributed by atoms with van der Waals surface area (Å²) >= 11 is 7.40. The van der Waals surface area contributed by atoms with Gasteiger partial charge in [0.05, 0.1) is 4.90 Å². The first-order valence-electron chi connectivity index (χ1n) is 8.25. The van der Waals surface area contributed by atoms with E-state index in [0.29, 0.717) is 17.2 Å². The van der Waals surface area contributed by atoms with Crippen LogP contribution in [-0.2, 0) is 17.1 Å². The van der Waals surface area contributed by atoms with Gasteiger partial charge in [-0.3, -0.25) is 0 Å². The molecule has 1 heterocycles. The monoisotopic (exact) mass is 422 g/mol. The van der Waals surface area contributed by atoms with Crippen molar-refractivity contribution in [2.24, 2.45) is 7.05 Å². The number of nitrogens with zero attached hydrogens (tertiary/aromatic N) is 3. The van der Waals surface area contributed by atoms with Gasteiger partial charge in [-0.1, -0.05) is 53.7 Å². The van der Waals surface area contributed by atoms with E-state index in [0.717, 1.165) is 10.7 Å². The third kappa shape index (κ3) is 5.32. The number of hydrogen-bond donors (Lipinski definition) is 1. The van der Waals surface area contributed by atoms with E-state index in [-0.39, 0.29) is 10.9 Å². The second-order valence-corrected chi connectivity index (χ2v) is 9.11. The minimum atomic E-state index is -3.67. The van der Waals surface area contributed by atoms with Crippen LogP contribution in [0.1, 0.15) is 18.0 Å². The van der Waals surface area contributed by atoms with Crippen LogP contribution in [0, 0.1) is 0 Å². The molecule has 27 heavy (non-hydrogen) atoms. The lowest BCUT2D eigenvalue weighted by Crippen LogP contribution is -2.29. The third-order valence-corrected chi connectivity index (χ3v) is 6.74. The Kier molecular flexibility index (Phi) is 6.54. The molecule has 6 nitrogen and oxygen atoms in total. The maximum atomic E-state index is 12.8. The third-order valence-electron chi connectivity index (χ3n) is 3.93. The Morgan fingerprint density at radius 2 is 1.85 bits per heavy atom. The Morgan fingerprint density at radius 1 is 1.15 bits per heavy atom. The Bertz CT molecular complexity index is 976. The molecule has 1 N–H and O–H groups in total. The molecule has 0 aliphatic carbocycles. The average molecular weight is 423 g/mol. The van der Waals surface area contributed by atoms with E-state index in [1.54, 1.807) is 18.5 Å². The molecule has 0 aliphatic rings. The van der Waals surface area contributed by atoms with E-state index in [2.05, 4.69) is 14.9 Å². The Balaban J connectivity index is 1.75. The Hall–Kier alpha value is -1.87. The van der Waals surface area contributed by atoms with Gasteiger partial charge in [0, 0.05) is 23.9 Å². The van der Waals surface area contributed by atoms with E-state index in [4.69, 9.17) is 11.6 Å². The molecule has 0 saturated heterocycles. The molecule has 0 fully saturated rings. The van der Waals surface area contributed by atoms with Crippen LogP contribution >= 0.6 is 23.4 Å². The first kappa shape index (κ1) is 19.9. The van der Waals surface area contributed by atoms with Gasteiger partial charge in [0.1, 0.15) is 6.33 Å². The van der Waals surface area contributed by atoms with Gasteiger partial charge in [0.15, 0.2) is 5.16 Å². The van der Waals surface area contributed by atoms with Crippen molar-refractivity contribution >= 4 is 33.4 Å². The molecule has 0 unspecified atom stereocenters. The van der Waals surface area contributed by atoms with E-state index in [1.165, 1.54) is 23.9 Å². The molecule has 1 aromatic heterocycles. The summed E-state index contributed by atoms with van der Waals surface area (Å²) in [5, 5.41) is 9.18. The lowest BCUT2D eigenvalue weighted by molar-refractivity contribution is 0.551. The van der Waals surface area contributed by atoms with Crippen molar-refractivity contribution in [3.05, 3.63) is 71.5 Å². The van der Waals surface area contributed by atoms with Crippen molar-refractivity contribution in [2.75, 3.05) is 5.75 Å². The Morgan fingerprint density at radius 3 is 2.48 bits per heavy atom. The summed E-state index contributed by atoms with van der Waals surface area (Å²) in [5.41, 5.74) is 0.911. The molecule has 0 amide bonds. The van der Waals surface area contributed by atoms with Gasteiger partial charge in [0.2, 0.25) is 10.0 Å². The van der Waals surface area contributed by atoms with Crippen LogP contribution in [0.4, 0.5) is 0 Å². The van der Waals surface area contributed by atoms with Crippen molar-refractivity contribution in [3.63, 3.8) is 0 Å². The topological polar surface area (TPSA) is 76.9 Å². The fourth-order valence-electron chi connectivity index (χ4n) is 2.52. The maximum absolute atomic E-state index is 12.8. The minimum Gasteiger partial charge on any atom is -0.312 e. The fraction of sp³-hybridized carbons (Fsp3) is 0.222. The van der Waals surface area contributed by atoms with Gasteiger partial charge < -0.3 is 4.57 Å². The number of sulfonamides is 1. The number of nitrogens with one attached hydrogen (secondary N) is 1. The molecule has 0 aliphatic heterocycles. The van der Waals surface area contributed by atoms with E-state index >= 15 is 0 Å². The van der Waals surface area contributed by atoms with Gasteiger partial charge >= 0.3 is 0 Å². The summed E-state index contributed by atoms with van der Waals surface area (Å²) in [6, 6.07) is 15.3. The van der Waals surface area contributed by atoms with Crippen LogP contribution in [0.15, 0.2) is 71.0 Å². The number of rotatable bonds is 8. The standard InChI is InChI=1S/C18H19ClN4O2S2/c1-23-13-20-21-18(23)26-12-11-17(14-5-3-2-4-6-14)22-27(24,25)16-9-7-15(19)8-10-16/h2-10,13,17,22H,11-12H2,1H3/t17-/m1/s1. The molecule has 3 rings (SSSR count). The molecule has 2 aromatic carbocycles. The zero-order valence-corrected chi connectivity index (χ0v) is 17.0. The van der Waals surface area contributed by atoms with Crippen molar-refractivity contribution in [1.29, 1.82) is 0 Å². The zero-order chi connectivity index (χ0) is 19.3. The summed E-state index contributed by atoms with van der Waals surface area (Å²) < 4.78 is 30.2. The summed E-state index contributed by atoms with van der Waals surface area (Å²) in [6.45, 7) is 0. The quantitative estimate of drug-likeness (QED) is 0.560. The Labute approximate surface area is 168 Å². The van der Waals surface area contributed by atoms with Crippen molar-refractivity contribution in [1.82, 2.24) is 19.5 Å². The smallest absolute Gasteiger partial charge is 0.241 e. The second-order valence-electron chi connectivity index (χ2n) is 5.90. The predicted molar refractivity (Wildman–Crippen MR) is 107 cm³/mol. The molecular formula is C18H19ClN4O2S2. The SMILES string of the molecule is Cn1cnnc1SCC[C@@H](NS(=O)(=O)c1ccc(Cl)cc1)c1ccccc1. The summed E-state index contributed by atoms with van der Waals surface area (Å²) in [4.78, 5) is 0.189. The number of aryl methyl sites for hydroxylation is 1. The number of benzene rings is 2.